The first-order chi connectivity index (χ1) is 18.5. The van der Waals surface area contributed by atoms with Crippen molar-refractivity contribution in [3.05, 3.63) is 110 Å². The van der Waals surface area contributed by atoms with Crippen LogP contribution in [0.1, 0.15) is 22.6 Å². The molecule has 0 aliphatic carbocycles. The van der Waals surface area contributed by atoms with Crippen LogP contribution in [0.15, 0.2) is 82.3 Å². The van der Waals surface area contributed by atoms with E-state index < -0.39 is 11.5 Å². The van der Waals surface area contributed by atoms with E-state index in [2.05, 4.69) is 10.1 Å². The van der Waals surface area contributed by atoms with E-state index in [1.54, 1.807) is 43.5 Å². The lowest BCUT2D eigenvalue weighted by atomic mass is 9.84. The summed E-state index contributed by atoms with van der Waals surface area (Å²) in [7, 11) is 1.56. The van der Waals surface area contributed by atoms with Gasteiger partial charge in [0, 0.05) is 10.0 Å². The maximum Gasteiger partial charge on any atom is 0.344 e. The van der Waals surface area contributed by atoms with Crippen molar-refractivity contribution in [1.82, 2.24) is 19.6 Å². The van der Waals surface area contributed by atoms with Gasteiger partial charge in [0.2, 0.25) is 5.88 Å². The highest BCUT2D eigenvalue weighted by molar-refractivity contribution is 6.31. The van der Waals surface area contributed by atoms with E-state index in [1.165, 1.54) is 10.8 Å². The van der Waals surface area contributed by atoms with Gasteiger partial charge in [-0.25, -0.2) is 19.3 Å². The average Bonchev–Trinajstić information content (AvgIpc) is 3.37. The summed E-state index contributed by atoms with van der Waals surface area (Å²) in [6.45, 7) is 0. The molecule has 38 heavy (non-hydrogen) atoms. The molecule has 6 aromatic rings. The third kappa shape index (κ3) is 3.38. The molecule has 0 saturated heterocycles. The highest BCUT2D eigenvalue weighted by Gasteiger charge is 2.38. The molecule has 0 saturated carbocycles. The number of hydrogen-bond donors (Lipinski definition) is 0. The van der Waals surface area contributed by atoms with Crippen LogP contribution >= 0.6 is 23.2 Å². The third-order valence-electron chi connectivity index (χ3n) is 6.58. The highest BCUT2D eigenvalue weighted by atomic mass is 35.5. The van der Waals surface area contributed by atoms with Crippen LogP contribution in [0.25, 0.3) is 28.0 Å². The Labute approximate surface area is 225 Å². The Morgan fingerprint density at radius 1 is 1.00 bits per heavy atom. The Kier molecular flexibility index (Phi) is 5.14. The lowest BCUT2D eigenvalue weighted by Crippen LogP contribution is -2.22. The number of halogens is 2. The molecule has 1 unspecified atom stereocenters. The molecule has 1 aliphatic heterocycles. The van der Waals surface area contributed by atoms with Gasteiger partial charge in [0.05, 0.1) is 35.1 Å². The number of ether oxygens (including phenoxy) is 2. The zero-order chi connectivity index (χ0) is 26.0. The van der Waals surface area contributed by atoms with Crippen molar-refractivity contribution in [3.8, 4) is 28.8 Å². The molecule has 3 aromatic heterocycles. The van der Waals surface area contributed by atoms with Gasteiger partial charge in [-0.05, 0) is 42.0 Å². The number of methoxy groups -OCH3 is 1. The Bertz CT molecular complexity index is 1970. The van der Waals surface area contributed by atoms with Crippen molar-refractivity contribution in [1.29, 1.82) is 0 Å². The lowest BCUT2D eigenvalue weighted by molar-refractivity contribution is 0.416. The monoisotopic (exact) mass is 542 g/mol. The van der Waals surface area contributed by atoms with E-state index >= 15 is 0 Å². The molecule has 1 aliphatic rings. The molecule has 186 valence electrons. The molecule has 8 nitrogen and oxygen atoms in total. The molecule has 1 atom stereocenters. The fourth-order valence-corrected chi connectivity index (χ4v) is 5.34. The Balaban J connectivity index is 1.56. The second-order valence-electron chi connectivity index (χ2n) is 8.70. The van der Waals surface area contributed by atoms with Gasteiger partial charge in [-0.2, -0.15) is 0 Å². The van der Waals surface area contributed by atoms with Gasteiger partial charge in [-0.1, -0.05) is 53.5 Å². The van der Waals surface area contributed by atoms with Crippen LogP contribution in [-0.2, 0) is 0 Å². The number of fused-ring (bicyclic) bond motifs is 6. The predicted octanol–water partition coefficient (Wildman–Crippen LogP) is 6.50. The van der Waals surface area contributed by atoms with E-state index in [-0.39, 0.29) is 0 Å². The number of nitrogens with zero attached hydrogens (tertiary/aromatic N) is 4. The summed E-state index contributed by atoms with van der Waals surface area (Å²) in [5, 5.41) is 6.27. The molecule has 10 heteroatoms. The van der Waals surface area contributed by atoms with Crippen molar-refractivity contribution >= 4 is 39.8 Å². The first kappa shape index (κ1) is 22.8. The van der Waals surface area contributed by atoms with Crippen molar-refractivity contribution in [2.75, 3.05) is 7.11 Å². The number of benzene rings is 3. The molecule has 3 aromatic carbocycles. The van der Waals surface area contributed by atoms with Crippen molar-refractivity contribution < 1.29 is 13.9 Å². The van der Waals surface area contributed by atoms with E-state index in [4.69, 9.17) is 42.1 Å². The summed E-state index contributed by atoms with van der Waals surface area (Å²) in [5.41, 5.74) is 2.45. The smallest absolute Gasteiger partial charge is 0.344 e. The number of rotatable bonds is 3. The average molecular weight is 543 g/mol. The van der Waals surface area contributed by atoms with Gasteiger partial charge in [0.15, 0.2) is 17.2 Å². The van der Waals surface area contributed by atoms with Crippen LogP contribution in [0.2, 0.25) is 10.0 Å². The first-order valence-electron chi connectivity index (χ1n) is 11.6. The molecule has 0 radical (unpaired) electrons. The maximum atomic E-state index is 13.5. The van der Waals surface area contributed by atoms with Gasteiger partial charge >= 0.3 is 5.63 Å². The molecular weight excluding hydrogens is 527 g/mol. The van der Waals surface area contributed by atoms with Crippen LogP contribution in [0.4, 0.5) is 0 Å². The van der Waals surface area contributed by atoms with E-state index in [0.29, 0.717) is 72.1 Å². The van der Waals surface area contributed by atoms with E-state index in [1.807, 2.05) is 30.3 Å². The first-order valence-corrected chi connectivity index (χ1v) is 12.4. The summed E-state index contributed by atoms with van der Waals surface area (Å²) in [5.74, 6) is 0.917. The molecule has 0 bridgehead atoms. The number of para-hydroxylation sites is 1. The zero-order valence-corrected chi connectivity index (χ0v) is 21.2. The minimum Gasteiger partial charge on any atom is -0.496 e. The fourth-order valence-electron chi connectivity index (χ4n) is 4.92. The van der Waals surface area contributed by atoms with Crippen LogP contribution in [0, 0.1) is 0 Å². The summed E-state index contributed by atoms with van der Waals surface area (Å²) < 4.78 is 19.1. The van der Waals surface area contributed by atoms with Crippen LogP contribution in [-0.4, -0.2) is 26.7 Å². The molecule has 0 amide bonds. The Morgan fingerprint density at radius 3 is 2.66 bits per heavy atom. The standard InChI is InChI=1S/C28H16Cl2N4O4/c1-36-19-11-10-14(29)12-17(19)25-32-26-23-21(15-6-2-4-8-18(15)30)22-24(38-27(23)31-13-34(26)33-25)16-7-3-5-9-20(16)37-28(22)35/h2-13,21H,1H3. The SMILES string of the molecule is COc1ccc(Cl)cc1-c1nc2c3c(ncn2n1)Oc1c(c(=O)oc2ccccc12)C3c1ccccc1Cl. The van der Waals surface area contributed by atoms with Gasteiger partial charge in [0.25, 0.3) is 0 Å². The summed E-state index contributed by atoms with van der Waals surface area (Å²) in [4.78, 5) is 22.9. The fraction of sp³-hybridized carbons (Fsp3) is 0.0714. The quantitative estimate of drug-likeness (QED) is 0.235. The molecule has 7 rings (SSSR count). The molecule has 4 heterocycles. The maximum absolute atomic E-state index is 13.5. The van der Waals surface area contributed by atoms with Crippen molar-refractivity contribution in [2.24, 2.45) is 0 Å². The Hall–Kier alpha value is -4.40. The van der Waals surface area contributed by atoms with E-state index in [9.17, 15) is 4.79 Å². The molecule has 0 N–H and O–H groups in total. The predicted molar refractivity (Wildman–Crippen MR) is 143 cm³/mol. The topological polar surface area (TPSA) is 91.8 Å². The Morgan fingerprint density at radius 2 is 1.82 bits per heavy atom. The number of hydrogen-bond acceptors (Lipinski definition) is 7. The van der Waals surface area contributed by atoms with Crippen LogP contribution in [0.3, 0.4) is 0 Å². The molecule has 0 fully saturated rings. The zero-order valence-electron chi connectivity index (χ0n) is 19.7. The molecule has 0 spiro atoms. The van der Waals surface area contributed by atoms with Crippen molar-refractivity contribution in [3.63, 3.8) is 0 Å². The lowest BCUT2D eigenvalue weighted by Gasteiger charge is -2.27. The summed E-state index contributed by atoms with van der Waals surface area (Å²) in [6.07, 6.45) is 1.52. The van der Waals surface area contributed by atoms with E-state index in [0.717, 1.165) is 0 Å². The second-order valence-corrected chi connectivity index (χ2v) is 9.54. The minimum absolute atomic E-state index is 0.294. The normalized spacial score (nSPS) is 14.2. The minimum atomic E-state index is -0.683. The largest absolute Gasteiger partial charge is 0.496 e. The highest BCUT2D eigenvalue weighted by Crippen LogP contribution is 2.50. The van der Waals surface area contributed by atoms with Crippen LogP contribution < -0.4 is 15.1 Å². The number of aromatic nitrogens is 4. The second kappa shape index (κ2) is 8.58. The van der Waals surface area contributed by atoms with Crippen LogP contribution in [0.5, 0.6) is 17.4 Å². The van der Waals surface area contributed by atoms with Gasteiger partial charge in [-0.3, -0.25) is 0 Å². The van der Waals surface area contributed by atoms with Crippen molar-refractivity contribution in [2.45, 2.75) is 5.92 Å². The summed E-state index contributed by atoms with van der Waals surface area (Å²) >= 11 is 13.0. The van der Waals surface area contributed by atoms with Gasteiger partial charge in [-0.15, -0.1) is 5.10 Å². The summed E-state index contributed by atoms with van der Waals surface area (Å²) in [6, 6.07) is 19.7. The van der Waals surface area contributed by atoms with Gasteiger partial charge in [0.1, 0.15) is 17.7 Å². The van der Waals surface area contributed by atoms with Gasteiger partial charge < -0.3 is 13.9 Å². The molecular formula is C28H16Cl2N4O4. The third-order valence-corrected chi connectivity index (χ3v) is 7.16.